The molecule has 1 heterocycles. The number of amides is 2. The molecule has 0 spiro atoms. The van der Waals surface area contributed by atoms with Gasteiger partial charge in [-0.1, -0.05) is 42.3 Å². The molecule has 0 bridgehead atoms. The SMILES string of the molecule is CCCC(=O)N(C)c1ccc(Cn2cc(C(=O)NS(=O)(=O)c3ccc(C)cc3)nc2C)c(Cl)c1. The summed E-state index contributed by atoms with van der Waals surface area (Å²) in [7, 11) is -2.31. The summed E-state index contributed by atoms with van der Waals surface area (Å²) in [5, 5.41) is 0.467. The molecular formula is C24H27ClN4O4S. The van der Waals surface area contributed by atoms with Gasteiger partial charge >= 0.3 is 0 Å². The van der Waals surface area contributed by atoms with Gasteiger partial charge in [0.05, 0.1) is 11.4 Å². The Kier molecular flexibility index (Phi) is 7.78. The van der Waals surface area contributed by atoms with Gasteiger partial charge in [-0.2, -0.15) is 0 Å². The highest BCUT2D eigenvalue weighted by atomic mass is 35.5. The van der Waals surface area contributed by atoms with Crippen molar-refractivity contribution in [1.29, 1.82) is 0 Å². The standard InChI is InChI=1S/C24H27ClN4O4S/c1-5-6-23(30)28(4)19-10-9-18(21(25)13-19)14-29-15-22(26-17(29)3)24(31)27-34(32,33)20-11-7-16(2)8-12-20/h7-13,15H,5-6,14H2,1-4H3,(H,27,31). The Labute approximate surface area is 204 Å². The number of aryl methyl sites for hydroxylation is 2. The number of halogens is 1. The zero-order chi connectivity index (χ0) is 25.0. The van der Waals surface area contributed by atoms with Gasteiger partial charge < -0.3 is 9.47 Å². The molecule has 1 N–H and O–H groups in total. The van der Waals surface area contributed by atoms with Crippen LogP contribution in [-0.4, -0.2) is 36.8 Å². The van der Waals surface area contributed by atoms with Crippen LogP contribution in [0.25, 0.3) is 0 Å². The Hall–Kier alpha value is -3.17. The summed E-state index contributed by atoms with van der Waals surface area (Å²) in [6, 6.07) is 11.5. The maximum Gasteiger partial charge on any atom is 0.285 e. The van der Waals surface area contributed by atoms with Gasteiger partial charge in [0.1, 0.15) is 11.5 Å². The Balaban J connectivity index is 1.75. The van der Waals surface area contributed by atoms with Crippen LogP contribution in [0, 0.1) is 13.8 Å². The van der Waals surface area contributed by atoms with Crippen molar-refractivity contribution in [3.05, 3.63) is 76.3 Å². The predicted molar refractivity (Wildman–Crippen MR) is 132 cm³/mol. The minimum atomic E-state index is -4.02. The van der Waals surface area contributed by atoms with E-state index in [1.807, 2.05) is 26.0 Å². The highest BCUT2D eigenvalue weighted by Gasteiger charge is 2.21. The molecular weight excluding hydrogens is 476 g/mol. The molecule has 2 amide bonds. The van der Waals surface area contributed by atoms with Crippen LogP contribution in [0.2, 0.25) is 5.02 Å². The van der Waals surface area contributed by atoms with Crippen LogP contribution in [-0.2, 0) is 21.4 Å². The van der Waals surface area contributed by atoms with Gasteiger partial charge in [-0.25, -0.2) is 18.1 Å². The second kappa shape index (κ2) is 10.4. The fourth-order valence-corrected chi connectivity index (χ4v) is 4.51. The van der Waals surface area contributed by atoms with Gasteiger partial charge in [-0.3, -0.25) is 9.59 Å². The number of hydrogen-bond acceptors (Lipinski definition) is 5. The number of aromatic nitrogens is 2. The van der Waals surface area contributed by atoms with Crippen molar-refractivity contribution in [1.82, 2.24) is 14.3 Å². The molecule has 3 aromatic rings. The van der Waals surface area contributed by atoms with E-state index in [0.29, 0.717) is 29.5 Å². The summed E-state index contributed by atoms with van der Waals surface area (Å²) in [6.07, 6.45) is 2.70. The molecule has 180 valence electrons. The fourth-order valence-electron chi connectivity index (χ4n) is 3.31. The molecule has 0 unspecified atom stereocenters. The Morgan fingerprint density at radius 2 is 1.79 bits per heavy atom. The fraction of sp³-hybridized carbons (Fsp3) is 0.292. The summed E-state index contributed by atoms with van der Waals surface area (Å²) in [5.74, 6) is -0.291. The second-order valence-electron chi connectivity index (χ2n) is 8.03. The van der Waals surface area contributed by atoms with Crippen LogP contribution in [0.5, 0.6) is 0 Å². The van der Waals surface area contributed by atoms with E-state index in [-0.39, 0.29) is 16.5 Å². The molecule has 10 heteroatoms. The first-order valence-electron chi connectivity index (χ1n) is 10.7. The summed E-state index contributed by atoms with van der Waals surface area (Å²) < 4.78 is 28.8. The molecule has 2 aromatic carbocycles. The molecule has 34 heavy (non-hydrogen) atoms. The highest BCUT2D eigenvalue weighted by Crippen LogP contribution is 2.25. The van der Waals surface area contributed by atoms with Crippen LogP contribution < -0.4 is 9.62 Å². The van der Waals surface area contributed by atoms with Crippen molar-refractivity contribution in [3.8, 4) is 0 Å². The average molecular weight is 503 g/mol. The van der Waals surface area contributed by atoms with Crippen molar-refractivity contribution in [2.45, 2.75) is 45.1 Å². The van der Waals surface area contributed by atoms with Crippen molar-refractivity contribution in [2.24, 2.45) is 0 Å². The average Bonchev–Trinajstić information content (AvgIpc) is 3.15. The maximum absolute atomic E-state index is 12.6. The number of imidazole rings is 1. The van der Waals surface area contributed by atoms with Gasteiger partial charge in [0.25, 0.3) is 15.9 Å². The van der Waals surface area contributed by atoms with Gasteiger partial charge in [0, 0.05) is 30.4 Å². The molecule has 0 fully saturated rings. The number of hydrogen-bond donors (Lipinski definition) is 1. The Morgan fingerprint density at radius 1 is 1.12 bits per heavy atom. The molecule has 3 rings (SSSR count). The predicted octanol–water partition coefficient (Wildman–Crippen LogP) is 4.08. The first kappa shape index (κ1) is 25.5. The van der Waals surface area contributed by atoms with Crippen molar-refractivity contribution in [3.63, 3.8) is 0 Å². The molecule has 8 nitrogen and oxygen atoms in total. The number of benzene rings is 2. The third kappa shape index (κ3) is 5.84. The number of sulfonamides is 1. The zero-order valence-electron chi connectivity index (χ0n) is 19.5. The van der Waals surface area contributed by atoms with Gasteiger partial charge in [0.2, 0.25) is 5.91 Å². The van der Waals surface area contributed by atoms with Crippen molar-refractivity contribution < 1.29 is 18.0 Å². The number of rotatable bonds is 8. The van der Waals surface area contributed by atoms with Crippen LogP contribution in [0.3, 0.4) is 0 Å². The van der Waals surface area contributed by atoms with Gasteiger partial charge in [0.15, 0.2) is 0 Å². The van der Waals surface area contributed by atoms with Crippen LogP contribution in [0.1, 0.15) is 47.2 Å². The lowest BCUT2D eigenvalue weighted by molar-refractivity contribution is -0.118. The van der Waals surface area contributed by atoms with Gasteiger partial charge in [-0.15, -0.1) is 0 Å². The van der Waals surface area contributed by atoms with E-state index in [1.54, 1.807) is 41.6 Å². The largest absolute Gasteiger partial charge is 0.330 e. The minimum Gasteiger partial charge on any atom is -0.330 e. The maximum atomic E-state index is 12.6. The second-order valence-corrected chi connectivity index (χ2v) is 10.1. The van der Waals surface area contributed by atoms with Crippen LogP contribution >= 0.6 is 11.6 Å². The summed E-state index contributed by atoms with van der Waals surface area (Å²) in [4.78, 5) is 30.5. The number of nitrogens with one attached hydrogen (secondary N) is 1. The lowest BCUT2D eigenvalue weighted by Gasteiger charge is -2.18. The summed E-state index contributed by atoms with van der Waals surface area (Å²) in [5.41, 5.74) is 2.34. The third-order valence-electron chi connectivity index (χ3n) is 5.37. The molecule has 0 saturated heterocycles. The van der Waals surface area contributed by atoms with Gasteiger partial charge in [-0.05, 0) is 50.1 Å². The van der Waals surface area contributed by atoms with E-state index in [2.05, 4.69) is 9.71 Å². The van der Waals surface area contributed by atoms with Crippen molar-refractivity contribution >= 4 is 39.1 Å². The Bertz CT molecular complexity index is 1320. The normalized spacial score (nSPS) is 11.3. The molecule has 0 aliphatic rings. The molecule has 0 aliphatic heterocycles. The smallest absolute Gasteiger partial charge is 0.285 e. The molecule has 0 aliphatic carbocycles. The molecule has 0 saturated carbocycles. The zero-order valence-corrected chi connectivity index (χ0v) is 21.1. The third-order valence-corrected chi connectivity index (χ3v) is 7.07. The summed E-state index contributed by atoms with van der Waals surface area (Å²) >= 11 is 6.46. The molecule has 0 atom stereocenters. The lowest BCUT2D eigenvalue weighted by atomic mass is 10.1. The molecule has 1 aromatic heterocycles. The molecule has 0 radical (unpaired) electrons. The summed E-state index contributed by atoms with van der Waals surface area (Å²) in [6.45, 7) is 5.82. The van der Waals surface area contributed by atoms with Crippen LogP contribution in [0.4, 0.5) is 5.69 Å². The monoisotopic (exact) mass is 502 g/mol. The quantitative estimate of drug-likeness (QED) is 0.500. The number of carbonyl (C=O) groups is 2. The van der Waals surface area contributed by atoms with Crippen LogP contribution in [0.15, 0.2) is 53.6 Å². The number of carbonyl (C=O) groups excluding carboxylic acids is 2. The topological polar surface area (TPSA) is 101 Å². The first-order valence-corrected chi connectivity index (χ1v) is 12.6. The van der Waals surface area contributed by atoms with E-state index in [0.717, 1.165) is 17.5 Å². The number of anilines is 1. The first-order chi connectivity index (χ1) is 16.0. The van der Waals surface area contributed by atoms with E-state index < -0.39 is 15.9 Å². The van der Waals surface area contributed by atoms with Crippen molar-refractivity contribution in [2.75, 3.05) is 11.9 Å². The van der Waals surface area contributed by atoms with E-state index in [1.165, 1.54) is 18.3 Å². The van der Waals surface area contributed by atoms with E-state index >= 15 is 0 Å². The lowest BCUT2D eigenvalue weighted by Crippen LogP contribution is -2.30. The van der Waals surface area contributed by atoms with E-state index in [9.17, 15) is 18.0 Å². The minimum absolute atomic E-state index is 0.00291. The Morgan fingerprint density at radius 3 is 2.41 bits per heavy atom. The highest BCUT2D eigenvalue weighted by molar-refractivity contribution is 7.90. The number of nitrogens with zero attached hydrogens (tertiary/aromatic N) is 3. The van der Waals surface area contributed by atoms with E-state index in [4.69, 9.17) is 11.6 Å².